The van der Waals surface area contributed by atoms with Crippen molar-refractivity contribution < 1.29 is 4.79 Å². The fourth-order valence-corrected chi connectivity index (χ4v) is 1.39. The molecular weight excluding hydrogens is 188 g/mol. The Bertz CT molecular complexity index is 319. The van der Waals surface area contributed by atoms with E-state index in [2.05, 4.69) is 24.4 Å². The second kappa shape index (κ2) is 5.39. The number of amides is 1. The third-order valence-corrected chi connectivity index (χ3v) is 2.39. The summed E-state index contributed by atoms with van der Waals surface area (Å²) in [5, 5.41) is 2.63. The molecule has 0 bridgehead atoms. The molecule has 0 aliphatic rings. The first-order chi connectivity index (χ1) is 7.17. The third-order valence-electron chi connectivity index (χ3n) is 2.39. The molecule has 0 unspecified atom stereocenters. The molecule has 1 N–H and O–H groups in total. The quantitative estimate of drug-likeness (QED) is 0.811. The van der Waals surface area contributed by atoms with Crippen molar-refractivity contribution in [3.63, 3.8) is 0 Å². The normalized spacial score (nSPS) is 9.80. The lowest BCUT2D eigenvalue weighted by Gasteiger charge is -2.22. The fourth-order valence-electron chi connectivity index (χ4n) is 1.39. The summed E-state index contributed by atoms with van der Waals surface area (Å²) in [4.78, 5) is 13.3. The number of nitrogens with one attached hydrogen (secondary N) is 1. The lowest BCUT2D eigenvalue weighted by Crippen LogP contribution is -2.35. The molecule has 3 nitrogen and oxygen atoms in total. The van der Waals surface area contributed by atoms with Crippen LogP contribution in [0.2, 0.25) is 0 Å². The van der Waals surface area contributed by atoms with Gasteiger partial charge in [0.1, 0.15) is 0 Å². The van der Waals surface area contributed by atoms with Crippen molar-refractivity contribution in [3.8, 4) is 0 Å². The summed E-state index contributed by atoms with van der Waals surface area (Å²) in [5.74, 6) is 0.0393. The molecule has 15 heavy (non-hydrogen) atoms. The Labute approximate surface area is 91.1 Å². The van der Waals surface area contributed by atoms with E-state index in [4.69, 9.17) is 0 Å². The Balaban J connectivity index is 2.74. The zero-order valence-corrected chi connectivity index (χ0v) is 9.58. The largest absolute Gasteiger partial charge is 0.363 e. The first-order valence-corrected chi connectivity index (χ1v) is 5.19. The van der Waals surface area contributed by atoms with E-state index in [9.17, 15) is 4.79 Å². The molecule has 1 aromatic carbocycles. The van der Waals surface area contributed by atoms with E-state index in [-0.39, 0.29) is 5.91 Å². The Hall–Kier alpha value is -1.51. The van der Waals surface area contributed by atoms with Crippen LogP contribution in [0.4, 0.5) is 5.69 Å². The second-order valence-corrected chi connectivity index (χ2v) is 3.52. The highest BCUT2D eigenvalue weighted by atomic mass is 16.1. The predicted octanol–water partition coefficient (Wildman–Crippen LogP) is 1.57. The molecular formula is C12H18N2O. The minimum atomic E-state index is 0.0393. The zero-order chi connectivity index (χ0) is 11.3. The number of aryl methyl sites for hydroxylation is 1. The van der Waals surface area contributed by atoms with Crippen LogP contribution in [-0.4, -0.2) is 26.0 Å². The number of carbonyl (C=O) groups excluding carboxylic acids is 1. The SMILES string of the molecule is CCN(CC(=O)NC)c1ccc(C)cc1. The summed E-state index contributed by atoms with van der Waals surface area (Å²) in [7, 11) is 1.66. The molecule has 0 atom stereocenters. The van der Waals surface area contributed by atoms with Gasteiger partial charge in [-0.3, -0.25) is 4.79 Å². The van der Waals surface area contributed by atoms with Crippen LogP contribution in [0.5, 0.6) is 0 Å². The highest BCUT2D eigenvalue weighted by Gasteiger charge is 2.07. The maximum atomic E-state index is 11.3. The molecule has 0 aliphatic carbocycles. The monoisotopic (exact) mass is 206 g/mol. The summed E-state index contributed by atoms with van der Waals surface area (Å²) in [5.41, 5.74) is 2.32. The van der Waals surface area contributed by atoms with Crippen LogP contribution in [0.1, 0.15) is 12.5 Å². The van der Waals surface area contributed by atoms with Crippen molar-refractivity contribution >= 4 is 11.6 Å². The van der Waals surface area contributed by atoms with Gasteiger partial charge in [-0.05, 0) is 26.0 Å². The number of nitrogens with zero attached hydrogens (tertiary/aromatic N) is 1. The Morgan fingerprint density at radius 2 is 1.93 bits per heavy atom. The van der Waals surface area contributed by atoms with Crippen LogP contribution < -0.4 is 10.2 Å². The van der Waals surface area contributed by atoms with Crippen LogP contribution in [-0.2, 0) is 4.79 Å². The predicted molar refractivity (Wildman–Crippen MR) is 63.1 cm³/mol. The van der Waals surface area contributed by atoms with Crippen molar-refractivity contribution in [2.45, 2.75) is 13.8 Å². The Morgan fingerprint density at radius 3 is 2.40 bits per heavy atom. The first kappa shape index (κ1) is 11.6. The van der Waals surface area contributed by atoms with Gasteiger partial charge in [0.25, 0.3) is 0 Å². The van der Waals surface area contributed by atoms with Crippen molar-refractivity contribution in [1.82, 2.24) is 5.32 Å². The molecule has 0 saturated carbocycles. The highest BCUT2D eigenvalue weighted by Crippen LogP contribution is 2.14. The molecule has 0 aliphatic heterocycles. The molecule has 1 rings (SSSR count). The number of hydrogen-bond acceptors (Lipinski definition) is 2. The number of likely N-dealkylation sites (N-methyl/N-ethyl adjacent to an activating group) is 2. The number of anilines is 1. The van der Waals surface area contributed by atoms with Gasteiger partial charge in [0.05, 0.1) is 6.54 Å². The van der Waals surface area contributed by atoms with E-state index in [1.165, 1.54) is 5.56 Å². The Morgan fingerprint density at radius 1 is 1.33 bits per heavy atom. The van der Waals surface area contributed by atoms with E-state index in [0.29, 0.717) is 6.54 Å². The molecule has 0 saturated heterocycles. The number of hydrogen-bond donors (Lipinski definition) is 1. The molecule has 0 aromatic heterocycles. The van der Waals surface area contributed by atoms with E-state index >= 15 is 0 Å². The average molecular weight is 206 g/mol. The van der Waals surface area contributed by atoms with Gasteiger partial charge in [0.2, 0.25) is 5.91 Å². The summed E-state index contributed by atoms with van der Waals surface area (Å²) < 4.78 is 0. The van der Waals surface area contributed by atoms with Gasteiger partial charge in [-0.15, -0.1) is 0 Å². The zero-order valence-electron chi connectivity index (χ0n) is 9.58. The molecule has 0 fully saturated rings. The van der Waals surface area contributed by atoms with Crippen LogP contribution in [0.3, 0.4) is 0 Å². The fraction of sp³-hybridized carbons (Fsp3) is 0.417. The van der Waals surface area contributed by atoms with Gasteiger partial charge in [0.15, 0.2) is 0 Å². The van der Waals surface area contributed by atoms with Gasteiger partial charge in [-0.25, -0.2) is 0 Å². The molecule has 0 heterocycles. The maximum Gasteiger partial charge on any atom is 0.239 e. The topological polar surface area (TPSA) is 32.3 Å². The molecule has 0 radical (unpaired) electrons. The van der Waals surface area contributed by atoms with E-state index < -0.39 is 0 Å². The summed E-state index contributed by atoms with van der Waals surface area (Å²) >= 11 is 0. The summed E-state index contributed by atoms with van der Waals surface area (Å²) in [6.45, 7) is 5.34. The van der Waals surface area contributed by atoms with Crippen LogP contribution in [0.15, 0.2) is 24.3 Å². The third kappa shape index (κ3) is 3.27. The minimum absolute atomic E-state index is 0.0393. The molecule has 1 aromatic rings. The summed E-state index contributed by atoms with van der Waals surface area (Å²) in [6.07, 6.45) is 0. The lowest BCUT2D eigenvalue weighted by atomic mass is 10.2. The van der Waals surface area contributed by atoms with Gasteiger partial charge < -0.3 is 10.2 Å². The van der Waals surface area contributed by atoms with Crippen molar-refractivity contribution in [2.75, 3.05) is 25.0 Å². The minimum Gasteiger partial charge on any atom is -0.363 e. The average Bonchev–Trinajstić information content (AvgIpc) is 2.27. The molecule has 1 amide bonds. The van der Waals surface area contributed by atoms with E-state index in [1.807, 2.05) is 24.0 Å². The molecule has 0 spiro atoms. The van der Waals surface area contributed by atoms with Gasteiger partial charge in [0, 0.05) is 19.3 Å². The van der Waals surface area contributed by atoms with Crippen LogP contribution in [0, 0.1) is 6.92 Å². The molecule has 82 valence electrons. The molecule has 3 heteroatoms. The number of carbonyl (C=O) groups is 1. The smallest absolute Gasteiger partial charge is 0.239 e. The lowest BCUT2D eigenvalue weighted by molar-refractivity contribution is -0.119. The van der Waals surface area contributed by atoms with Gasteiger partial charge in [-0.1, -0.05) is 17.7 Å². The van der Waals surface area contributed by atoms with Gasteiger partial charge >= 0.3 is 0 Å². The number of benzene rings is 1. The second-order valence-electron chi connectivity index (χ2n) is 3.52. The standard InChI is InChI=1S/C12H18N2O/c1-4-14(9-12(15)13-3)11-7-5-10(2)6-8-11/h5-8H,4,9H2,1-3H3,(H,13,15). The highest BCUT2D eigenvalue weighted by molar-refractivity contribution is 5.81. The van der Waals surface area contributed by atoms with Crippen LogP contribution in [0.25, 0.3) is 0 Å². The summed E-state index contributed by atoms with van der Waals surface area (Å²) in [6, 6.07) is 8.20. The van der Waals surface area contributed by atoms with E-state index in [0.717, 1.165) is 12.2 Å². The Kier molecular flexibility index (Phi) is 4.16. The van der Waals surface area contributed by atoms with Crippen molar-refractivity contribution in [1.29, 1.82) is 0 Å². The van der Waals surface area contributed by atoms with Crippen molar-refractivity contribution in [3.05, 3.63) is 29.8 Å². The van der Waals surface area contributed by atoms with E-state index in [1.54, 1.807) is 7.05 Å². The first-order valence-electron chi connectivity index (χ1n) is 5.19. The van der Waals surface area contributed by atoms with Crippen molar-refractivity contribution in [2.24, 2.45) is 0 Å². The van der Waals surface area contributed by atoms with Gasteiger partial charge in [-0.2, -0.15) is 0 Å². The maximum absolute atomic E-state index is 11.3. The number of rotatable bonds is 4. The van der Waals surface area contributed by atoms with Crippen LogP contribution >= 0.6 is 0 Å².